The number of methoxy groups -OCH3 is 1. The molecule has 1 unspecified atom stereocenters. The predicted octanol–water partition coefficient (Wildman–Crippen LogP) is 0.715. The van der Waals surface area contributed by atoms with Crippen LogP contribution in [0.2, 0.25) is 0 Å². The van der Waals surface area contributed by atoms with Gasteiger partial charge < -0.3 is 14.6 Å². The summed E-state index contributed by atoms with van der Waals surface area (Å²) in [5.74, 6) is 0.804. The molecule has 1 fully saturated rings. The first-order valence-electron chi connectivity index (χ1n) is 6.90. The fourth-order valence-electron chi connectivity index (χ4n) is 2.41. The van der Waals surface area contributed by atoms with E-state index in [0.29, 0.717) is 25.4 Å². The van der Waals surface area contributed by atoms with Gasteiger partial charge in [-0.2, -0.15) is 4.31 Å². The summed E-state index contributed by atoms with van der Waals surface area (Å²) < 4.78 is 36.8. The third-order valence-corrected chi connectivity index (χ3v) is 5.35. The van der Waals surface area contributed by atoms with E-state index in [4.69, 9.17) is 14.6 Å². The molecule has 6 nitrogen and oxygen atoms in total. The summed E-state index contributed by atoms with van der Waals surface area (Å²) in [6.07, 6.45) is 0.824. The van der Waals surface area contributed by atoms with Crippen molar-refractivity contribution in [3.8, 4) is 5.75 Å². The topological polar surface area (TPSA) is 76.1 Å². The Bertz CT molecular complexity index is 543. The summed E-state index contributed by atoms with van der Waals surface area (Å²) in [7, 11) is -1.83. The minimum Gasteiger partial charge on any atom is -0.491 e. The number of aliphatic hydroxyl groups excluding tert-OH is 1. The second kappa shape index (κ2) is 7.22. The fourth-order valence-corrected chi connectivity index (χ4v) is 3.94. The first-order chi connectivity index (χ1) is 10.1. The lowest BCUT2D eigenvalue weighted by molar-refractivity contribution is 0.157. The van der Waals surface area contributed by atoms with Crippen LogP contribution < -0.4 is 4.74 Å². The van der Waals surface area contributed by atoms with Crippen molar-refractivity contribution in [3.05, 3.63) is 24.3 Å². The molecule has 0 saturated carbocycles. The van der Waals surface area contributed by atoms with Gasteiger partial charge >= 0.3 is 0 Å². The summed E-state index contributed by atoms with van der Waals surface area (Å²) in [6, 6.07) is 6.27. The Morgan fingerprint density at radius 3 is 2.67 bits per heavy atom. The lowest BCUT2D eigenvalue weighted by Crippen LogP contribution is -2.29. The van der Waals surface area contributed by atoms with E-state index in [0.717, 1.165) is 6.42 Å². The summed E-state index contributed by atoms with van der Waals surface area (Å²) >= 11 is 0. The molecule has 1 N–H and O–H groups in total. The molecule has 21 heavy (non-hydrogen) atoms. The lowest BCUT2D eigenvalue weighted by atomic mass is 10.1. The van der Waals surface area contributed by atoms with Crippen molar-refractivity contribution in [2.24, 2.45) is 5.92 Å². The molecule has 1 aromatic carbocycles. The van der Waals surface area contributed by atoms with Crippen molar-refractivity contribution >= 4 is 10.0 Å². The Balaban J connectivity index is 2.06. The summed E-state index contributed by atoms with van der Waals surface area (Å²) in [5, 5.41) is 8.69. The largest absolute Gasteiger partial charge is 0.491 e. The van der Waals surface area contributed by atoms with Crippen molar-refractivity contribution in [2.75, 3.05) is 40.0 Å². The first kappa shape index (κ1) is 16.2. The summed E-state index contributed by atoms with van der Waals surface area (Å²) in [5.41, 5.74) is 0. The zero-order valence-electron chi connectivity index (χ0n) is 12.1. The van der Waals surface area contributed by atoms with Crippen LogP contribution in [0.5, 0.6) is 5.75 Å². The maximum Gasteiger partial charge on any atom is 0.243 e. The molecule has 118 valence electrons. The average molecular weight is 315 g/mol. The quantitative estimate of drug-likeness (QED) is 0.802. The molecular weight excluding hydrogens is 294 g/mol. The molecular formula is C14H21NO5S. The number of hydrogen-bond donors (Lipinski definition) is 1. The summed E-state index contributed by atoms with van der Waals surface area (Å²) in [4.78, 5) is 0.261. The van der Waals surface area contributed by atoms with Crippen molar-refractivity contribution in [3.63, 3.8) is 0 Å². The van der Waals surface area contributed by atoms with Gasteiger partial charge in [0.05, 0.1) is 18.1 Å². The predicted molar refractivity (Wildman–Crippen MR) is 77.8 cm³/mol. The van der Waals surface area contributed by atoms with Crippen LogP contribution in [-0.4, -0.2) is 57.8 Å². The third kappa shape index (κ3) is 3.94. The number of hydrogen-bond acceptors (Lipinski definition) is 5. The number of sulfonamides is 1. The number of nitrogens with zero attached hydrogens (tertiary/aromatic N) is 1. The lowest BCUT2D eigenvalue weighted by Gasteiger charge is -2.16. The number of benzene rings is 1. The molecule has 0 radical (unpaired) electrons. The van der Waals surface area contributed by atoms with Crippen molar-refractivity contribution < 1.29 is 23.0 Å². The van der Waals surface area contributed by atoms with Gasteiger partial charge in [-0.1, -0.05) is 0 Å². The van der Waals surface area contributed by atoms with Gasteiger partial charge in [0.15, 0.2) is 0 Å². The monoisotopic (exact) mass is 315 g/mol. The molecule has 1 aliphatic heterocycles. The zero-order valence-corrected chi connectivity index (χ0v) is 12.9. The van der Waals surface area contributed by atoms with Crippen molar-refractivity contribution in [2.45, 2.75) is 11.3 Å². The van der Waals surface area contributed by atoms with E-state index in [1.165, 1.54) is 16.4 Å². The fraction of sp³-hybridized carbons (Fsp3) is 0.571. The van der Waals surface area contributed by atoms with Gasteiger partial charge in [0, 0.05) is 20.2 Å². The minimum absolute atomic E-state index is 0.0747. The molecule has 1 heterocycles. The average Bonchev–Trinajstić information content (AvgIpc) is 2.95. The number of aliphatic hydroxyl groups is 1. The normalized spacial score (nSPS) is 19.8. The van der Waals surface area contributed by atoms with Crippen LogP contribution >= 0.6 is 0 Å². The second-order valence-corrected chi connectivity index (χ2v) is 6.95. The van der Waals surface area contributed by atoms with Crippen LogP contribution in [0.3, 0.4) is 0 Å². The highest BCUT2D eigenvalue weighted by Crippen LogP contribution is 2.25. The maximum atomic E-state index is 12.5. The van der Waals surface area contributed by atoms with Crippen LogP contribution in [0.25, 0.3) is 0 Å². The number of rotatable bonds is 7. The van der Waals surface area contributed by atoms with Crippen molar-refractivity contribution in [1.82, 2.24) is 4.31 Å². The van der Waals surface area contributed by atoms with E-state index in [9.17, 15) is 8.42 Å². The molecule has 2 rings (SSSR count). The third-order valence-electron chi connectivity index (χ3n) is 3.47. The first-order valence-corrected chi connectivity index (χ1v) is 8.34. The van der Waals surface area contributed by atoms with Gasteiger partial charge in [0.25, 0.3) is 0 Å². The van der Waals surface area contributed by atoms with Crippen LogP contribution in [0, 0.1) is 5.92 Å². The molecule has 0 spiro atoms. The molecule has 1 atom stereocenters. The smallest absolute Gasteiger partial charge is 0.243 e. The Kier molecular flexibility index (Phi) is 5.58. The number of ether oxygens (including phenoxy) is 2. The molecule has 0 amide bonds. The van der Waals surface area contributed by atoms with E-state index in [1.807, 2.05) is 0 Å². The van der Waals surface area contributed by atoms with E-state index < -0.39 is 10.0 Å². The van der Waals surface area contributed by atoms with Gasteiger partial charge in [0.1, 0.15) is 12.4 Å². The Labute approximate surface area is 125 Å². The molecule has 0 bridgehead atoms. The minimum atomic E-state index is -3.45. The molecule has 0 aromatic heterocycles. The second-order valence-electron chi connectivity index (χ2n) is 5.02. The van der Waals surface area contributed by atoms with Gasteiger partial charge in [-0.05, 0) is 36.6 Å². The van der Waals surface area contributed by atoms with Gasteiger partial charge in [0.2, 0.25) is 10.0 Å². The molecule has 0 aliphatic carbocycles. The van der Waals surface area contributed by atoms with E-state index in [-0.39, 0.29) is 24.0 Å². The highest BCUT2D eigenvalue weighted by molar-refractivity contribution is 7.89. The summed E-state index contributed by atoms with van der Waals surface area (Å²) in [6.45, 7) is 1.73. The SMILES string of the molecule is COCC1CCN(S(=O)(=O)c2ccc(OCCO)cc2)C1. The Morgan fingerprint density at radius 2 is 2.05 bits per heavy atom. The highest BCUT2D eigenvalue weighted by Gasteiger charge is 2.32. The van der Waals surface area contributed by atoms with Crippen LogP contribution in [0.1, 0.15) is 6.42 Å². The Hall–Kier alpha value is -1.15. The van der Waals surface area contributed by atoms with Crippen LogP contribution in [-0.2, 0) is 14.8 Å². The molecule has 1 aliphatic rings. The van der Waals surface area contributed by atoms with Gasteiger partial charge in [-0.15, -0.1) is 0 Å². The van der Waals surface area contributed by atoms with E-state index in [1.54, 1.807) is 19.2 Å². The van der Waals surface area contributed by atoms with Gasteiger partial charge in [-0.3, -0.25) is 0 Å². The Morgan fingerprint density at radius 1 is 1.33 bits per heavy atom. The highest BCUT2D eigenvalue weighted by atomic mass is 32.2. The van der Waals surface area contributed by atoms with Crippen molar-refractivity contribution in [1.29, 1.82) is 0 Å². The van der Waals surface area contributed by atoms with Gasteiger partial charge in [-0.25, -0.2) is 8.42 Å². The maximum absolute atomic E-state index is 12.5. The molecule has 7 heteroatoms. The van der Waals surface area contributed by atoms with E-state index in [2.05, 4.69) is 0 Å². The van der Waals surface area contributed by atoms with Crippen LogP contribution in [0.4, 0.5) is 0 Å². The zero-order chi connectivity index (χ0) is 15.3. The van der Waals surface area contributed by atoms with E-state index >= 15 is 0 Å². The molecule has 1 saturated heterocycles. The van der Waals surface area contributed by atoms with Crippen LogP contribution in [0.15, 0.2) is 29.2 Å². The molecule has 1 aromatic rings. The standard InChI is InChI=1S/C14H21NO5S/c1-19-11-12-6-7-15(10-12)21(17,18)14-4-2-13(3-5-14)20-9-8-16/h2-5,12,16H,6-11H2,1H3.